The van der Waals surface area contributed by atoms with Crippen LogP contribution < -0.4 is 0 Å². The molecule has 3 atom stereocenters. The molecule has 4 nitrogen and oxygen atoms in total. The van der Waals surface area contributed by atoms with Crippen LogP contribution in [-0.2, 0) is 9.84 Å². The van der Waals surface area contributed by atoms with Crippen molar-refractivity contribution in [1.29, 1.82) is 5.26 Å². The topological polar surface area (TPSA) is 61.2 Å². The van der Waals surface area contributed by atoms with Crippen LogP contribution in [0, 0.1) is 23.2 Å². The Morgan fingerprint density at radius 3 is 2.58 bits per heavy atom. The maximum Gasteiger partial charge on any atom is 0.183 e. The van der Waals surface area contributed by atoms with Crippen molar-refractivity contribution in [2.45, 2.75) is 55.2 Å². The predicted octanol–water partition coefficient (Wildman–Crippen LogP) is 3.25. The molecule has 1 heterocycles. The summed E-state index contributed by atoms with van der Waals surface area (Å²) in [7, 11) is -3.33. The van der Waals surface area contributed by atoms with Gasteiger partial charge >= 0.3 is 0 Å². The molecule has 0 amide bonds. The van der Waals surface area contributed by atoms with Crippen LogP contribution in [0.1, 0.15) is 39.5 Å². The third-order valence-corrected chi connectivity index (χ3v) is 8.31. The summed E-state index contributed by atoms with van der Waals surface area (Å²) in [6.07, 6.45) is 3.67. The molecule has 130 valence electrons. The molecule has 1 saturated carbocycles. The molecule has 5 heteroatoms. The van der Waals surface area contributed by atoms with Crippen LogP contribution in [0.3, 0.4) is 0 Å². The van der Waals surface area contributed by atoms with Gasteiger partial charge in [-0.3, -0.25) is 4.90 Å². The largest absolute Gasteiger partial charge is 0.299 e. The van der Waals surface area contributed by atoms with Crippen molar-refractivity contribution in [3.63, 3.8) is 0 Å². The molecule has 0 spiro atoms. The molecule has 2 aliphatic rings. The van der Waals surface area contributed by atoms with Gasteiger partial charge in [0.25, 0.3) is 0 Å². The molecule has 0 aromatic heterocycles. The van der Waals surface area contributed by atoms with Crippen LogP contribution >= 0.6 is 0 Å². The van der Waals surface area contributed by atoms with Crippen LogP contribution in [-0.4, -0.2) is 37.2 Å². The molecule has 2 fully saturated rings. The summed E-state index contributed by atoms with van der Waals surface area (Å²) in [6, 6.07) is 11.6. The monoisotopic (exact) mass is 346 g/mol. The molecule has 1 aliphatic carbocycles. The minimum atomic E-state index is -3.33. The van der Waals surface area contributed by atoms with Crippen molar-refractivity contribution in [3.05, 3.63) is 30.3 Å². The van der Waals surface area contributed by atoms with Crippen molar-refractivity contribution in [2.24, 2.45) is 11.8 Å². The van der Waals surface area contributed by atoms with Crippen LogP contribution in [0.15, 0.2) is 35.2 Å². The van der Waals surface area contributed by atoms with Gasteiger partial charge in [-0.15, -0.1) is 0 Å². The summed E-state index contributed by atoms with van der Waals surface area (Å²) in [5.74, 6) is 0.838. The Kier molecular flexibility index (Phi) is 4.72. The van der Waals surface area contributed by atoms with Crippen molar-refractivity contribution in [3.8, 4) is 6.07 Å². The summed E-state index contributed by atoms with van der Waals surface area (Å²) in [6.45, 7) is 5.62. The lowest BCUT2D eigenvalue weighted by atomic mass is 9.99. The zero-order valence-electron chi connectivity index (χ0n) is 14.5. The molecule has 0 radical (unpaired) electrons. The van der Waals surface area contributed by atoms with E-state index in [1.807, 2.05) is 19.9 Å². The Morgan fingerprint density at radius 2 is 1.96 bits per heavy atom. The number of nitrogens with zero attached hydrogens (tertiary/aromatic N) is 2. The first kappa shape index (κ1) is 17.4. The van der Waals surface area contributed by atoms with E-state index in [0.717, 1.165) is 32.4 Å². The summed E-state index contributed by atoms with van der Waals surface area (Å²) < 4.78 is 24.9. The number of hydrogen-bond donors (Lipinski definition) is 0. The number of fused-ring (bicyclic) bond motifs is 2. The Balaban J connectivity index is 1.59. The molecular formula is C19H26N2O2S. The van der Waals surface area contributed by atoms with Gasteiger partial charge in [-0.2, -0.15) is 5.26 Å². The fraction of sp³-hybridized carbons (Fsp3) is 0.632. The van der Waals surface area contributed by atoms with E-state index in [1.54, 1.807) is 24.3 Å². The van der Waals surface area contributed by atoms with Gasteiger partial charge in [0.1, 0.15) is 0 Å². The number of likely N-dealkylation sites (tertiary alicyclic amines) is 1. The number of piperidine rings is 1. The van der Waals surface area contributed by atoms with Gasteiger partial charge < -0.3 is 0 Å². The number of rotatable bonds is 6. The maximum absolute atomic E-state index is 12.9. The van der Waals surface area contributed by atoms with Crippen molar-refractivity contribution in [1.82, 2.24) is 4.90 Å². The third-order valence-electron chi connectivity index (χ3n) is 5.76. The average Bonchev–Trinajstić information content (AvgIpc) is 3.15. The van der Waals surface area contributed by atoms with Crippen LogP contribution in [0.2, 0.25) is 0 Å². The lowest BCUT2D eigenvalue weighted by Gasteiger charge is -2.31. The highest BCUT2D eigenvalue weighted by Crippen LogP contribution is 2.41. The molecule has 2 bridgehead atoms. The minimum absolute atomic E-state index is 0.171. The van der Waals surface area contributed by atoms with Crippen LogP contribution in [0.25, 0.3) is 0 Å². The predicted molar refractivity (Wildman–Crippen MR) is 94.1 cm³/mol. The summed E-state index contributed by atoms with van der Waals surface area (Å²) >= 11 is 0. The first-order valence-electron chi connectivity index (χ1n) is 8.78. The van der Waals surface area contributed by atoms with Gasteiger partial charge in [0.2, 0.25) is 0 Å². The van der Waals surface area contributed by atoms with E-state index in [-0.39, 0.29) is 5.92 Å². The summed E-state index contributed by atoms with van der Waals surface area (Å²) in [5, 5.41) is 9.24. The average molecular weight is 346 g/mol. The highest BCUT2D eigenvalue weighted by molar-refractivity contribution is 7.92. The van der Waals surface area contributed by atoms with Gasteiger partial charge in [-0.05, 0) is 64.1 Å². The second-order valence-corrected chi connectivity index (χ2v) is 10.4. The highest BCUT2D eigenvalue weighted by Gasteiger charge is 2.45. The zero-order chi connectivity index (χ0) is 17.4. The molecule has 1 aromatic carbocycles. The fourth-order valence-electron chi connectivity index (χ4n) is 4.29. The quantitative estimate of drug-likeness (QED) is 0.793. The van der Waals surface area contributed by atoms with Gasteiger partial charge in [0.15, 0.2) is 9.84 Å². The standard InChI is InChI=1S/C19H26N2O2S/c1-19(2,24(22,23)17-7-4-3-5-8-17)9-6-10-21-14-15-11-16(13-20)18(21)12-15/h3-5,7-8,15-16,18H,6,9-12,14H2,1-2H3. The molecule has 1 aromatic rings. The summed E-state index contributed by atoms with van der Waals surface area (Å²) in [4.78, 5) is 2.81. The highest BCUT2D eigenvalue weighted by atomic mass is 32.2. The Morgan fingerprint density at radius 1 is 1.25 bits per heavy atom. The molecule has 1 saturated heterocycles. The number of nitriles is 1. The van der Waals surface area contributed by atoms with E-state index in [0.29, 0.717) is 23.3 Å². The van der Waals surface area contributed by atoms with E-state index >= 15 is 0 Å². The van der Waals surface area contributed by atoms with Gasteiger partial charge in [-0.1, -0.05) is 18.2 Å². The van der Waals surface area contributed by atoms with Gasteiger partial charge in [0, 0.05) is 12.6 Å². The van der Waals surface area contributed by atoms with Crippen molar-refractivity contribution >= 4 is 9.84 Å². The fourth-order valence-corrected chi connectivity index (χ4v) is 5.86. The third kappa shape index (κ3) is 3.10. The smallest absolute Gasteiger partial charge is 0.183 e. The Bertz CT molecular complexity index is 721. The van der Waals surface area contributed by atoms with Gasteiger partial charge in [-0.25, -0.2) is 8.42 Å². The minimum Gasteiger partial charge on any atom is -0.299 e. The number of benzene rings is 1. The lowest BCUT2D eigenvalue weighted by Crippen LogP contribution is -2.39. The SMILES string of the molecule is CC(C)(CCCN1CC2CC(C#N)C1C2)S(=O)(=O)c1ccccc1. The zero-order valence-corrected chi connectivity index (χ0v) is 15.3. The molecule has 0 N–H and O–H groups in total. The molecule has 1 aliphatic heterocycles. The molecule has 3 unspecified atom stereocenters. The number of hydrogen-bond acceptors (Lipinski definition) is 4. The first-order valence-corrected chi connectivity index (χ1v) is 10.3. The van der Waals surface area contributed by atoms with Crippen molar-refractivity contribution in [2.75, 3.05) is 13.1 Å². The Hall–Kier alpha value is -1.38. The van der Waals surface area contributed by atoms with E-state index in [4.69, 9.17) is 0 Å². The van der Waals surface area contributed by atoms with Crippen LogP contribution in [0.5, 0.6) is 0 Å². The first-order chi connectivity index (χ1) is 11.3. The molecule has 24 heavy (non-hydrogen) atoms. The van der Waals surface area contributed by atoms with Crippen LogP contribution in [0.4, 0.5) is 0 Å². The van der Waals surface area contributed by atoms with E-state index < -0.39 is 14.6 Å². The lowest BCUT2D eigenvalue weighted by molar-refractivity contribution is 0.178. The van der Waals surface area contributed by atoms with Gasteiger partial charge in [0.05, 0.1) is 21.6 Å². The Labute approximate surface area is 145 Å². The van der Waals surface area contributed by atoms with Crippen molar-refractivity contribution < 1.29 is 8.42 Å². The van der Waals surface area contributed by atoms with E-state index in [1.165, 1.54) is 0 Å². The number of sulfone groups is 1. The van der Waals surface area contributed by atoms with E-state index in [2.05, 4.69) is 11.0 Å². The molecular weight excluding hydrogens is 320 g/mol. The second kappa shape index (κ2) is 6.50. The summed E-state index contributed by atoms with van der Waals surface area (Å²) in [5.41, 5.74) is 0. The normalized spacial score (nSPS) is 27.3. The molecule has 3 rings (SSSR count). The second-order valence-electron chi connectivity index (χ2n) is 7.82. The van der Waals surface area contributed by atoms with E-state index in [9.17, 15) is 13.7 Å². The maximum atomic E-state index is 12.9.